The number of aromatic carboxylic acids is 1. The van der Waals surface area contributed by atoms with Gasteiger partial charge in [0.25, 0.3) is 11.5 Å². The number of methoxy groups -OCH3 is 1. The zero-order valence-corrected chi connectivity index (χ0v) is 18.6. The molecule has 0 unspecified atom stereocenters. The minimum absolute atomic E-state index is 0.0438. The summed E-state index contributed by atoms with van der Waals surface area (Å²) >= 11 is 5.94. The van der Waals surface area contributed by atoms with Crippen LogP contribution in [0.4, 0.5) is 5.69 Å². The van der Waals surface area contributed by atoms with E-state index >= 15 is 0 Å². The number of amides is 1. The first-order valence-corrected chi connectivity index (χ1v) is 10.2. The fraction of sp³-hybridized carbons (Fsp3) is 0.174. The van der Waals surface area contributed by atoms with Crippen LogP contribution in [0.2, 0.25) is 5.02 Å². The van der Waals surface area contributed by atoms with Crippen molar-refractivity contribution >= 4 is 29.2 Å². The van der Waals surface area contributed by atoms with Crippen molar-refractivity contribution in [3.63, 3.8) is 0 Å². The number of aryl methyl sites for hydroxylation is 1. The first kappa shape index (κ1) is 23.8. The standard InChI is InChI=1S/C23H22ClN3O6/c1-12-8-15(10-18(33-2)19(12)21(25)29)27-7-6-16(20(22(27)30)23(31)32)26-11-17(28)13-4-3-5-14(24)9-13/h3-10,17,26,28H,11H2,1-2H3,(H2,25,29)(H,31,32)/t17-/m0/s1. The number of nitrogens with one attached hydrogen (secondary N) is 1. The number of carbonyl (C=O) groups excluding carboxylic acids is 1. The molecule has 2 aromatic carbocycles. The van der Waals surface area contributed by atoms with Gasteiger partial charge in [-0.2, -0.15) is 0 Å². The topological polar surface area (TPSA) is 144 Å². The minimum atomic E-state index is -1.44. The van der Waals surface area contributed by atoms with Gasteiger partial charge in [0.05, 0.1) is 30.2 Å². The number of carboxylic acid groups (broad SMARTS) is 1. The molecule has 1 aromatic heterocycles. The molecule has 1 amide bonds. The van der Waals surface area contributed by atoms with Crippen LogP contribution >= 0.6 is 11.6 Å². The smallest absolute Gasteiger partial charge is 0.343 e. The van der Waals surface area contributed by atoms with Gasteiger partial charge in [-0.1, -0.05) is 23.7 Å². The molecular formula is C23H22ClN3O6. The second-order valence-electron chi connectivity index (χ2n) is 7.24. The summed E-state index contributed by atoms with van der Waals surface area (Å²) in [4.78, 5) is 36.7. The van der Waals surface area contributed by atoms with Crippen LogP contribution in [0.25, 0.3) is 5.69 Å². The number of halogens is 1. The molecule has 3 rings (SSSR count). The van der Waals surface area contributed by atoms with Crippen molar-refractivity contribution in [3.05, 3.63) is 86.3 Å². The van der Waals surface area contributed by atoms with Crippen LogP contribution in [0, 0.1) is 6.92 Å². The molecule has 1 heterocycles. The molecule has 1 atom stereocenters. The second-order valence-corrected chi connectivity index (χ2v) is 7.68. The summed E-state index contributed by atoms with van der Waals surface area (Å²) in [6.07, 6.45) is 0.405. The van der Waals surface area contributed by atoms with Crippen LogP contribution in [0.15, 0.2) is 53.5 Å². The van der Waals surface area contributed by atoms with Gasteiger partial charge in [0.15, 0.2) is 0 Å². The van der Waals surface area contributed by atoms with Crippen molar-refractivity contribution in [2.45, 2.75) is 13.0 Å². The average molecular weight is 472 g/mol. The third-order valence-electron chi connectivity index (χ3n) is 5.05. The highest BCUT2D eigenvalue weighted by Crippen LogP contribution is 2.26. The fourth-order valence-corrected chi connectivity index (χ4v) is 3.68. The molecule has 10 heteroatoms. The number of pyridine rings is 1. The number of nitrogens with two attached hydrogens (primary N) is 1. The average Bonchev–Trinajstić information content (AvgIpc) is 2.76. The molecule has 0 aliphatic heterocycles. The van der Waals surface area contributed by atoms with E-state index in [2.05, 4.69) is 5.32 Å². The Hall–Kier alpha value is -3.82. The number of nitrogens with zero attached hydrogens (tertiary/aromatic N) is 1. The van der Waals surface area contributed by atoms with E-state index in [0.29, 0.717) is 21.8 Å². The summed E-state index contributed by atoms with van der Waals surface area (Å²) in [5.41, 5.74) is 5.60. The molecule has 9 nitrogen and oxygen atoms in total. The summed E-state index contributed by atoms with van der Waals surface area (Å²) in [7, 11) is 1.36. The van der Waals surface area contributed by atoms with E-state index in [1.54, 1.807) is 31.2 Å². The first-order chi connectivity index (χ1) is 15.6. The van der Waals surface area contributed by atoms with Gasteiger partial charge >= 0.3 is 5.97 Å². The maximum atomic E-state index is 13.1. The summed E-state index contributed by atoms with van der Waals surface area (Å²) in [6, 6.07) is 11.0. The van der Waals surface area contributed by atoms with Crippen LogP contribution in [0.1, 0.15) is 37.9 Å². The minimum Gasteiger partial charge on any atom is -0.496 e. The zero-order chi connectivity index (χ0) is 24.3. The second kappa shape index (κ2) is 9.76. The summed E-state index contributed by atoms with van der Waals surface area (Å²) in [5.74, 6) is -1.97. The van der Waals surface area contributed by atoms with E-state index in [0.717, 1.165) is 4.57 Å². The number of anilines is 1. The van der Waals surface area contributed by atoms with Crippen LogP contribution in [-0.4, -0.2) is 40.3 Å². The Kier molecular flexibility index (Phi) is 7.05. The predicted molar refractivity (Wildman–Crippen MR) is 124 cm³/mol. The van der Waals surface area contributed by atoms with Gasteiger partial charge in [-0.25, -0.2) is 4.79 Å². The number of aliphatic hydroxyl groups excluding tert-OH is 1. The van der Waals surface area contributed by atoms with Gasteiger partial charge in [-0.3, -0.25) is 14.2 Å². The van der Waals surface area contributed by atoms with Crippen molar-refractivity contribution < 1.29 is 24.5 Å². The highest BCUT2D eigenvalue weighted by Gasteiger charge is 2.21. The van der Waals surface area contributed by atoms with E-state index in [9.17, 15) is 24.6 Å². The lowest BCUT2D eigenvalue weighted by atomic mass is 10.1. The summed E-state index contributed by atoms with van der Waals surface area (Å²) < 4.78 is 6.35. The number of primary amides is 1. The van der Waals surface area contributed by atoms with Crippen LogP contribution < -0.4 is 21.3 Å². The Morgan fingerprint density at radius 2 is 1.94 bits per heavy atom. The molecule has 0 saturated carbocycles. The largest absolute Gasteiger partial charge is 0.496 e. The lowest BCUT2D eigenvalue weighted by molar-refractivity contribution is 0.0695. The fourth-order valence-electron chi connectivity index (χ4n) is 3.48. The maximum Gasteiger partial charge on any atom is 0.343 e. The van der Waals surface area contributed by atoms with Crippen molar-refractivity contribution in [1.29, 1.82) is 0 Å². The van der Waals surface area contributed by atoms with E-state index in [-0.39, 0.29) is 23.5 Å². The quantitative estimate of drug-likeness (QED) is 0.395. The highest BCUT2D eigenvalue weighted by molar-refractivity contribution is 6.30. The maximum absolute atomic E-state index is 13.1. The number of hydrogen-bond donors (Lipinski definition) is 4. The molecule has 0 fully saturated rings. The van der Waals surface area contributed by atoms with E-state index in [1.165, 1.54) is 31.5 Å². The lowest BCUT2D eigenvalue weighted by Crippen LogP contribution is -2.27. The van der Waals surface area contributed by atoms with E-state index < -0.39 is 29.1 Å². The Morgan fingerprint density at radius 1 is 1.21 bits per heavy atom. The van der Waals surface area contributed by atoms with Crippen molar-refractivity contribution in [3.8, 4) is 11.4 Å². The van der Waals surface area contributed by atoms with Gasteiger partial charge < -0.3 is 26.0 Å². The first-order valence-electron chi connectivity index (χ1n) is 9.79. The third kappa shape index (κ3) is 5.00. The van der Waals surface area contributed by atoms with Gasteiger partial charge in [0.2, 0.25) is 0 Å². The lowest BCUT2D eigenvalue weighted by Gasteiger charge is -2.17. The molecule has 0 bridgehead atoms. The Bertz CT molecular complexity index is 1290. The molecule has 172 valence electrons. The van der Waals surface area contributed by atoms with Gasteiger partial charge in [0, 0.05) is 23.8 Å². The van der Waals surface area contributed by atoms with Crippen molar-refractivity contribution in [2.75, 3.05) is 19.0 Å². The van der Waals surface area contributed by atoms with Gasteiger partial charge in [0.1, 0.15) is 11.3 Å². The number of carboxylic acids is 1. The van der Waals surface area contributed by atoms with Crippen molar-refractivity contribution in [2.24, 2.45) is 5.73 Å². The van der Waals surface area contributed by atoms with Gasteiger partial charge in [-0.15, -0.1) is 0 Å². The number of hydrogen-bond acceptors (Lipinski definition) is 6. The number of aliphatic hydroxyl groups is 1. The number of benzene rings is 2. The molecule has 33 heavy (non-hydrogen) atoms. The summed E-state index contributed by atoms with van der Waals surface area (Å²) in [6.45, 7) is 1.58. The van der Waals surface area contributed by atoms with E-state index in [4.69, 9.17) is 22.1 Å². The van der Waals surface area contributed by atoms with Crippen LogP contribution in [0.3, 0.4) is 0 Å². The summed E-state index contributed by atoms with van der Waals surface area (Å²) in [5, 5.41) is 23.4. The van der Waals surface area contributed by atoms with E-state index in [1.807, 2.05) is 0 Å². The molecule has 0 saturated heterocycles. The SMILES string of the molecule is COc1cc(-n2ccc(NC[C@H](O)c3cccc(Cl)c3)c(C(=O)O)c2=O)cc(C)c1C(N)=O. The molecule has 3 aromatic rings. The Balaban J connectivity index is 1.99. The Labute approximate surface area is 194 Å². The molecule has 0 aliphatic rings. The number of carbonyl (C=O) groups is 2. The number of rotatable bonds is 8. The zero-order valence-electron chi connectivity index (χ0n) is 17.8. The molecular weight excluding hydrogens is 450 g/mol. The normalized spacial score (nSPS) is 11.6. The molecule has 5 N–H and O–H groups in total. The van der Waals surface area contributed by atoms with Gasteiger partial charge in [-0.05, 0) is 42.3 Å². The van der Waals surface area contributed by atoms with Crippen LogP contribution in [0.5, 0.6) is 5.75 Å². The Morgan fingerprint density at radius 3 is 2.55 bits per heavy atom. The monoisotopic (exact) mass is 471 g/mol. The predicted octanol–water partition coefficient (Wildman–Crippen LogP) is 2.75. The highest BCUT2D eigenvalue weighted by atomic mass is 35.5. The molecule has 0 aliphatic carbocycles. The van der Waals surface area contributed by atoms with Crippen molar-refractivity contribution in [1.82, 2.24) is 4.57 Å². The number of ether oxygens (including phenoxy) is 1. The molecule has 0 spiro atoms. The third-order valence-corrected chi connectivity index (χ3v) is 5.29. The number of aromatic nitrogens is 1. The van der Waals surface area contributed by atoms with Crippen LogP contribution in [-0.2, 0) is 0 Å². The molecule has 0 radical (unpaired) electrons.